The van der Waals surface area contributed by atoms with E-state index in [1.807, 2.05) is 6.07 Å². The number of benzene rings is 2. The lowest BCUT2D eigenvalue weighted by atomic mass is 10.2. The highest BCUT2D eigenvalue weighted by Gasteiger charge is 2.21. The van der Waals surface area contributed by atoms with E-state index in [9.17, 15) is 19.7 Å². The maximum atomic E-state index is 12.2. The fourth-order valence-corrected chi connectivity index (χ4v) is 3.29. The molecule has 0 aromatic heterocycles. The minimum absolute atomic E-state index is 0.194. The lowest BCUT2D eigenvalue weighted by Crippen LogP contribution is -2.19. The number of ether oxygens (including phenoxy) is 1. The molecular formula is C17H11ClN2O5S. The van der Waals surface area contributed by atoms with Crippen molar-refractivity contribution in [2.75, 3.05) is 11.9 Å². The van der Waals surface area contributed by atoms with E-state index in [1.54, 1.807) is 30.3 Å². The van der Waals surface area contributed by atoms with Crippen molar-refractivity contribution in [1.82, 2.24) is 0 Å². The molecule has 0 radical (unpaired) electrons. The molecule has 0 fully saturated rings. The van der Waals surface area contributed by atoms with E-state index in [2.05, 4.69) is 5.32 Å². The second-order valence-corrected chi connectivity index (χ2v) is 6.76. The molecule has 1 amide bonds. The van der Waals surface area contributed by atoms with Gasteiger partial charge in [0.1, 0.15) is 5.75 Å². The molecule has 1 N–H and O–H groups in total. The van der Waals surface area contributed by atoms with Crippen LogP contribution >= 0.6 is 23.4 Å². The number of nitrogens with one attached hydrogen (secondary N) is 1. The Morgan fingerprint density at radius 3 is 2.69 bits per heavy atom. The summed E-state index contributed by atoms with van der Waals surface area (Å²) in [5, 5.41) is 13.6. The van der Waals surface area contributed by atoms with E-state index < -0.39 is 17.4 Å². The third-order valence-corrected chi connectivity index (χ3v) is 4.64. The molecule has 1 aliphatic heterocycles. The number of esters is 1. The summed E-state index contributed by atoms with van der Waals surface area (Å²) in [5.41, 5.74) is 1.38. The van der Waals surface area contributed by atoms with Crippen LogP contribution < -0.4 is 10.1 Å². The van der Waals surface area contributed by atoms with E-state index in [0.29, 0.717) is 21.2 Å². The summed E-state index contributed by atoms with van der Waals surface area (Å²) < 4.78 is 4.85. The fourth-order valence-electron chi connectivity index (χ4n) is 2.19. The first-order valence-corrected chi connectivity index (χ1v) is 8.53. The first kappa shape index (κ1) is 18.0. The molecule has 0 unspecified atom stereocenters. The van der Waals surface area contributed by atoms with Gasteiger partial charge in [-0.3, -0.25) is 14.9 Å². The predicted octanol–water partition coefficient (Wildman–Crippen LogP) is 3.61. The topological polar surface area (TPSA) is 98.5 Å². The zero-order valence-electron chi connectivity index (χ0n) is 13.1. The monoisotopic (exact) mass is 390 g/mol. The molecule has 26 heavy (non-hydrogen) atoms. The maximum Gasteiger partial charge on any atom is 0.383 e. The van der Waals surface area contributed by atoms with Gasteiger partial charge in [0, 0.05) is 14.8 Å². The smallest absolute Gasteiger partial charge is 0.383 e. The summed E-state index contributed by atoms with van der Waals surface area (Å²) >= 11 is 7.24. The average molecular weight is 391 g/mol. The molecule has 2 aromatic carbocycles. The SMILES string of the molecule is O=C(C[N+](=O)[O-])Oc1ccc(/C=C2\Sc3ccc(Cl)cc3NC2=O)cc1. The number of hydrogen-bond donors (Lipinski definition) is 1. The molecule has 2 aromatic rings. The Labute approximate surface area is 157 Å². The number of anilines is 1. The van der Waals surface area contributed by atoms with Gasteiger partial charge < -0.3 is 10.1 Å². The number of hydrogen-bond acceptors (Lipinski definition) is 6. The molecule has 7 nitrogen and oxygen atoms in total. The van der Waals surface area contributed by atoms with Gasteiger partial charge in [-0.1, -0.05) is 35.5 Å². The van der Waals surface area contributed by atoms with Crippen LogP contribution in [0.4, 0.5) is 5.69 Å². The third-order valence-electron chi connectivity index (χ3n) is 3.30. The van der Waals surface area contributed by atoms with Gasteiger partial charge in [-0.05, 0) is 42.0 Å². The molecule has 0 atom stereocenters. The van der Waals surface area contributed by atoms with E-state index in [0.717, 1.165) is 4.90 Å². The molecule has 0 bridgehead atoms. The van der Waals surface area contributed by atoms with Crippen LogP contribution in [0.3, 0.4) is 0 Å². The van der Waals surface area contributed by atoms with Crippen molar-refractivity contribution in [1.29, 1.82) is 0 Å². The first-order valence-electron chi connectivity index (χ1n) is 7.34. The van der Waals surface area contributed by atoms with E-state index in [1.165, 1.54) is 23.9 Å². The Hall–Kier alpha value is -2.84. The summed E-state index contributed by atoms with van der Waals surface area (Å²) in [6.07, 6.45) is 1.69. The predicted molar refractivity (Wildman–Crippen MR) is 97.9 cm³/mol. The normalized spacial score (nSPS) is 14.5. The third kappa shape index (κ3) is 4.41. The minimum Gasteiger partial charge on any atom is -0.422 e. The molecule has 1 heterocycles. The number of fused-ring (bicyclic) bond motifs is 1. The number of carbonyl (C=O) groups excluding carboxylic acids is 2. The Morgan fingerprint density at radius 1 is 1.27 bits per heavy atom. The molecule has 3 rings (SSSR count). The van der Waals surface area contributed by atoms with Crippen molar-refractivity contribution in [3.8, 4) is 5.75 Å². The van der Waals surface area contributed by atoms with Gasteiger partial charge in [0.25, 0.3) is 12.5 Å². The highest BCUT2D eigenvalue weighted by atomic mass is 35.5. The van der Waals surface area contributed by atoms with Crippen molar-refractivity contribution in [3.05, 3.63) is 68.1 Å². The van der Waals surface area contributed by atoms with E-state index in [4.69, 9.17) is 16.3 Å². The van der Waals surface area contributed by atoms with Gasteiger partial charge in [-0.2, -0.15) is 0 Å². The quantitative estimate of drug-likeness (QED) is 0.281. The van der Waals surface area contributed by atoms with Crippen LogP contribution in [0.15, 0.2) is 52.3 Å². The summed E-state index contributed by atoms with van der Waals surface area (Å²) in [6, 6.07) is 11.6. The van der Waals surface area contributed by atoms with E-state index in [-0.39, 0.29) is 11.7 Å². The first-order chi connectivity index (χ1) is 12.4. The Bertz CT molecular complexity index is 927. The highest BCUT2D eigenvalue weighted by molar-refractivity contribution is 8.04. The van der Waals surface area contributed by atoms with Crippen LogP contribution in [0.1, 0.15) is 5.56 Å². The molecule has 1 aliphatic rings. The van der Waals surface area contributed by atoms with Crippen molar-refractivity contribution in [2.45, 2.75) is 4.90 Å². The number of rotatable bonds is 4. The number of halogens is 1. The lowest BCUT2D eigenvalue weighted by Gasteiger charge is -2.18. The highest BCUT2D eigenvalue weighted by Crippen LogP contribution is 2.40. The number of thioether (sulfide) groups is 1. The second-order valence-electron chi connectivity index (χ2n) is 5.24. The molecule has 9 heteroatoms. The molecule has 0 aliphatic carbocycles. The van der Waals surface area contributed by atoms with Gasteiger partial charge in [0.15, 0.2) is 0 Å². The summed E-state index contributed by atoms with van der Waals surface area (Å²) in [7, 11) is 0. The van der Waals surface area contributed by atoms with Crippen LogP contribution in [0.25, 0.3) is 6.08 Å². The van der Waals surface area contributed by atoms with Crippen molar-refractivity contribution in [2.24, 2.45) is 0 Å². The van der Waals surface area contributed by atoms with Crippen molar-refractivity contribution >= 4 is 47.0 Å². The molecule has 0 saturated carbocycles. The van der Waals surface area contributed by atoms with Crippen LogP contribution in [-0.4, -0.2) is 23.3 Å². The lowest BCUT2D eigenvalue weighted by molar-refractivity contribution is -0.469. The van der Waals surface area contributed by atoms with Crippen LogP contribution in [-0.2, 0) is 9.59 Å². The van der Waals surface area contributed by atoms with Crippen molar-refractivity contribution in [3.63, 3.8) is 0 Å². The summed E-state index contributed by atoms with van der Waals surface area (Å²) in [4.78, 5) is 34.4. The van der Waals surface area contributed by atoms with Gasteiger partial charge in [0.05, 0.1) is 10.6 Å². The molecule has 0 saturated heterocycles. The molecule has 0 spiro atoms. The Balaban J connectivity index is 1.73. The minimum atomic E-state index is -0.946. The van der Waals surface area contributed by atoms with Crippen LogP contribution in [0.5, 0.6) is 5.75 Å². The average Bonchev–Trinajstić information content (AvgIpc) is 2.56. The van der Waals surface area contributed by atoms with Crippen LogP contribution in [0, 0.1) is 10.1 Å². The number of amides is 1. The van der Waals surface area contributed by atoms with Gasteiger partial charge in [-0.15, -0.1) is 0 Å². The molecular weight excluding hydrogens is 380 g/mol. The number of nitrogens with zero attached hydrogens (tertiary/aromatic N) is 1. The number of carbonyl (C=O) groups is 2. The molecule has 132 valence electrons. The zero-order chi connectivity index (χ0) is 18.7. The zero-order valence-corrected chi connectivity index (χ0v) is 14.7. The maximum absolute atomic E-state index is 12.2. The van der Waals surface area contributed by atoms with Gasteiger partial charge in [-0.25, -0.2) is 4.79 Å². The second kappa shape index (κ2) is 7.59. The van der Waals surface area contributed by atoms with Crippen LogP contribution in [0.2, 0.25) is 5.02 Å². The van der Waals surface area contributed by atoms with E-state index >= 15 is 0 Å². The standard InChI is InChI=1S/C17H11ClN2O5S/c18-11-3-6-14-13(8-11)19-17(22)15(26-14)7-10-1-4-12(5-2-10)25-16(21)9-20(23)24/h1-8H,9H2,(H,19,22)/b15-7-. The summed E-state index contributed by atoms with van der Waals surface area (Å²) in [5.74, 6) is -0.996. The van der Waals surface area contributed by atoms with Gasteiger partial charge in [0.2, 0.25) is 0 Å². The van der Waals surface area contributed by atoms with Crippen molar-refractivity contribution < 1.29 is 19.2 Å². The Kier molecular flexibility index (Phi) is 5.24. The summed E-state index contributed by atoms with van der Waals surface area (Å²) in [6.45, 7) is -0.897. The largest absolute Gasteiger partial charge is 0.422 e. The van der Waals surface area contributed by atoms with Gasteiger partial charge >= 0.3 is 5.97 Å². The number of nitro groups is 1. The Morgan fingerprint density at radius 2 is 2.00 bits per heavy atom. The fraction of sp³-hybridized carbons (Fsp3) is 0.0588.